The molecule has 0 N–H and O–H groups in total. The van der Waals surface area contributed by atoms with Gasteiger partial charge >= 0.3 is 0 Å². The van der Waals surface area contributed by atoms with Crippen LogP contribution in [0.1, 0.15) is 41.5 Å². The number of furan rings is 1. The third-order valence-electron chi connectivity index (χ3n) is 5.75. The van der Waals surface area contributed by atoms with Gasteiger partial charge in [-0.1, -0.05) is 12.1 Å². The Morgan fingerprint density at radius 3 is 3.00 bits per heavy atom. The molecule has 0 bridgehead atoms. The monoisotopic (exact) mass is 407 g/mol. The largest absolute Gasteiger partial charge is 0.464 e. The first-order valence-electron chi connectivity index (χ1n) is 9.73. The van der Waals surface area contributed by atoms with Crippen molar-refractivity contribution in [2.75, 3.05) is 6.54 Å². The average Bonchev–Trinajstić information content (AvgIpc) is 3.50. The van der Waals surface area contributed by atoms with Crippen molar-refractivity contribution < 1.29 is 13.6 Å². The minimum absolute atomic E-state index is 0.0590. The summed E-state index contributed by atoms with van der Waals surface area (Å²) < 4.78 is 11.7. The maximum atomic E-state index is 13.1. The fourth-order valence-electron chi connectivity index (χ4n) is 3.98. The van der Waals surface area contributed by atoms with Gasteiger partial charge in [0.05, 0.1) is 12.7 Å². The number of amides is 1. The summed E-state index contributed by atoms with van der Waals surface area (Å²) in [5.74, 6) is 1.08. The Morgan fingerprint density at radius 1 is 1.28 bits per heavy atom. The number of nitrogens with zero attached hydrogens (tertiary/aromatic N) is 3. The molecule has 7 heteroatoms. The SMILES string of the molecule is Cc1ccc2c(CC(=O)N3CCC[C@@H]3c3nnc(-c4ccsc4)o3)coc2c1C. The Kier molecular flexibility index (Phi) is 4.47. The zero-order valence-corrected chi connectivity index (χ0v) is 17.2. The van der Waals surface area contributed by atoms with Crippen molar-refractivity contribution in [3.8, 4) is 11.5 Å². The number of hydrogen-bond acceptors (Lipinski definition) is 6. The summed E-state index contributed by atoms with van der Waals surface area (Å²) in [6.07, 6.45) is 3.78. The summed E-state index contributed by atoms with van der Waals surface area (Å²) in [5.41, 5.74) is 5.00. The van der Waals surface area contributed by atoms with Crippen LogP contribution in [0.2, 0.25) is 0 Å². The number of benzene rings is 1. The standard InChI is InChI=1S/C22H21N3O3S/c1-13-5-6-17-16(11-27-20(17)14(13)2)10-19(26)25-8-3-4-18(25)22-24-23-21(28-22)15-7-9-29-12-15/h5-7,9,11-12,18H,3-4,8,10H2,1-2H3/t18-/m1/s1. The Morgan fingerprint density at radius 2 is 2.17 bits per heavy atom. The minimum atomic E-state index is -0.162. The van der Waals surface area contributed by atoms with E-state index in [0.29, 0.717) is 24.7 Å². The number of likely N-dealkylation sites (tertiary alicyclic amines) is 1. The van der Waals surface area contributed by atoms with E-state index in [0.717, 1.165) is 40.5 Å². The van der Waals surface area contributed by atoms with E-state index in [1.807, 2.05) is 34.7 Å². The molecule has 0 spiro atoms. The summed E-state index contributed by atoms with van der Waals surface area (Å²) in [7, 11) is 0. The molecule has 0 radical (unpaired) electrons. The maximum Gasteiger partial charge on any atom is 0.248 e. The summed E-state index contributed by atoms with van der Waals surface area (Å²) in [4.78, 5) is 15.0. The number of hydrogen-bond donors (Lipinski definition) is 0. The molecule has 0 saturated carbocycles. The van der Waals surface area contributed by atoms with E-state index in [2.05, 4.69) is 23.2 Å². The van der Waals surface area contributed by atoms with Gasteiger partial charge in [0, 0.05) is 28.4 Å². The van der Waals surface area contributed by atoms with Crippen molar-refractivity contribution in [2.24, 2.45) is 0 Å². The van der Waals surface area contributed by atoms with E-state index in [1.54, 1.807) is 17.6 Å². The van der Waals surface area contributed by atoms with Crippen LogP contribution in [0.5, 0.6) is 0 Å². The molecule has 1 aromatic carbocycles. The van der Waals surface area contributed by atoms with Gasteiger partial charge in [-0.3, -0.25) is 4.79 Å². The van der Waals surface area contributed by atoms with Crippen LogP contribution in [0.15, 0.2) is 44.1 Å². The van der Waals surface area contributed by atoms with Gasteiger partial charge < -0.3 is 13.7 Å². The summed E-state index contributed by atoms with van der Waals surface area (Å²) >= 11 is 1.58. The van der Waals surface area contributed by atoms with Crippen molar-refractivity contribution >= 4 is 28.2 Å². The second kappa shape index (κ2) is 7.15. The van der Waals surface area contributed by atoms with E-state index in [4.69, 9.17) is 8.83 Å². The second-order valence-corrected chi connectivity index (χ2v) is 8.30. The van der Waals surface area contributed by atoms with Crippen LogP contribution < -0.4 is 0 Å². The van der Waals surface area contributed by atoms with E-state index in [-0.39, 0.29) is 11.9 Å². The molecule has 148 valence electrons. The van der Waals surface area contributed by atoms with Gasteiger partial charge in [0.15, 0.2) is 0 Å². The lowest BCUT2D eigenvalue weighted by molar-refractivity contribution is -0.131. The molecule has 1 fully saturated rings. The summed E-state index contributed by atoms with van der Waals surface area (Å²) in [5, 5.41) is 13.4. The van der Waals surface area contributed by atoms with Crippen molar-refractivity contribution in [1.82, 2.24) is 15.1 Å². The summed E-state index contributed by atoms with van der Waals surface area (Å²) in [6.45, 7) is 4.81. The molecule has 4 heterocycles. The van der Waals surface area contributed by atoms with Crippen molar-refractivity contribution in [3.05, 3.63) is 57.8 Å². The van der Waals surface area contributed by atoms with Crippen LogP contribution in [0, 0.1) is 13.8 Å². The van der Waals surface area contributed by atoms with E-state index >= 15 is 0 Å². The number of carbonyl (C=O) groups is 1. The Balaban J connectivity index is 1.38. The number of aryl methyl sites for hydroxylation is 2. The van der Waals surface area contributed by atoms with E-state index < -0.39 is 0 Å². The lowest BCUT2D eigenvalue weighted by atomic mass is 10.0. The molecule has 4 aromatic rings. The van der Waals surface area contributed by atoms with Crippen LogP contribution in [-0.2, 0) is 11.2 Å². The molecule has 1 atom stereocenters. The van der Waals surface area contributed by atoms with Crippen LogP contribution in [0.25, 0.3) is 22.4 Å². The Hall–Kier alpha value is -2.93. The number of rotatable bonds is 4. The molecule has 3 aromatic heterocycles. The van der Waals surface area contributed by atoms with Crippen LogP contribution >= 0.6 is 11.3 Å². The molecule has 1 amide bonds. The van der Waals surface area contributed by atoms with Gasteiger partial charge in [0.1, 0.15) is 11.6 Å². The van der Waals surface area contributed by atoms with Crippen molar-refractivity contribution in [1.29, 1.82) is 0 Å². The normalized spacial score (nSPS) is 16.8. The van der Waals surface area contributed by atoms with Gasteiger partial charge in [-0.25, -0.2) is 0 Å². The fourth-order valence-corrected chi connectivity index (χ4v) is 4.61. The molecule has 29 heavy (non-hydrogen) atoms. The minimum Gasteiger partial charge on any atom is -0.464 e. The maximum absolute atomic E-state index is 13.1. The average molecular weight is 407 g/mol. The second-order valence-electron chi connectivity index (χ2n) is 7.52. The number of fused-ring (bicyclic) bond motifs is 1. The fraction of sp³-hybridized carbons (Fsp3) is 0.318. The lowest BCUT2D eigenvalue weighted by Gasteiger charge is -2.21. The summed E-state index contributed by atoms with van der Waals surface area (Å²) in [6, 6.07) is 5.90. The molecular formula is C22H21N3O3S. The van der Waals surface area contributed by atoms with Gasteiger partial charge in [-0.15, -0.1) is 10.2 Å². The highest BCUT2D eigenvalue weighted by Crippen LogP contribution is 2.34. The molecule has 0 unspecified atom stereocenters. The topological polar surface area (TPSA) is 72.4 Å². The molecule has 1 saturated heterocycles. The third-order valence-corrected chi connectivity index (χ3v) is 6.43. The van der Waals surface area contributed by atoms with Gasteiger partial charge in [-0.05, 0) is 49.3 Å². The molecular weight excluding hydrogens is 386 g/mol. The van der Waals surface area contributed by atoms with Gasteiger partial charge in [0.25, 0.3) is 0 Å². The predicted molar refractivity (Wildman–Crippen MR) is 111 cm³/mol. The molecule has 6 nitrogen and oxygen atoms in total. The third kappa shape index (κ3) is 3.15. The lowest BCUT2D eigenvalue weighted by Crippen LogP contribution is -2.32. The predicted octanol–water partition coefficient (Wildman–Crippen LogP) is 5.07. The molecule has 5 rings (SSSR count). The van der Waals surface area contributed by atoms with Crippen LogP contribution in [0.3, 0.4) is 0 Å². The van der Waals surface area contributed by atoms with Gasteiger partial charge in [-0.2, -0.15) is 11.3 Å². The van der Waals surface area contributed by atoms with Crippen molar-refractivity contribution in [2.45, 2.75) is 39.2 Å². The molecule has 1 aliphatic heterocycles. The zero-order valence-electron chi connectivity index (χ0n) is 16.3. The van der Waals surface area contributed by atoms with Crippen LogP contribution in [-0.4, -0.2) is 27.5 Å². The van der Waals surface area contributed by atoms with Gasteiger partial charge in [0.2, 0.25) is 17.7 Å². The first-order valence-corrected chi connectivity index (χ1v) is 10.7. The number of carbonyl (C=O) groups excluding carboxylic acids is 1. The highest BCUT2D eigenvalue weighted by molar-refractivity contribution is 7.08. The van der Waals surface area contributed by atoms with E-state index in [1.165, 1.54) is 5.56 Å². The molecule has 0 aliphatic carbocycles. The first kappa shape index (κ1) is 18.1. The Labute approximate surface area is 172 Å². The van der Waals surface area contributed by atoms with Crippen molar-refractivity contribution in [3.63, 3.8) is 0 Å². The highest BCUT2D eigenvalue weighted by atomic mass is 32.1. The highest BCUT2D eigenvalue weighted by Gasteiger charge is 2.34. The van der Waals surface area contributed by atoms with Crippen LogP contribution in [0.4, 0.5) is 0 Å². The smallest absolute Gasteiger partial charge is 0.248 e. The zero-order chi connectivity index (χ0) is 20.0. The first-order chi connectivity index (χ1) is 14.1. The number of aromatic nitrogens is 2. The Bertz CT molecular complexity index is 1180. The number of thiophene rings is 1. The quantitative estimate of drug-likeness (QED) is 0.472. The molecule has 1 aliphatic rings. The van der Waals surface area contributed by atoms with E-state index in [9.17, 15) is 4.79 Å².